The molecule has 3 rings (SSSR count). The monoisotopic (exact) mass is 281 g/mol. The Balaban J connectivity index is 2.03. The van der Waals surface area contributed by atoms with E-state index in [0.29, 0.717) is 0 Å². The highest BCUT2D eigenvalue weighted by Gasteiger charge is 2.19. The maximum Gasteiger partial charge on any atom is 0.268 e. The van der Waals surface area contributed by atoms with Crippen LogP contribution in [0.15, 0.2) is 54.6 Å². The van der Waals surface area contributed by atoms with Crippen LogP contribution in [0.25, 0.3) is 10.1 Å². The second-order valence-electron chi connectivity index (χ2n) is 4.75. The predicted molar refractivity (Wildman–Crippen MR) is 85.7 cm³/mol. The lowest BCUT2D eigenvalue weighted by atomic mass is 10.1. The second-order valence-corrected chi connectivity index (χ2v) is 5.80. The van der Waals surface area contributed by atoms with E-state index < -0.39 is 0 Å². The molecule has 0 aliphatic carbocycles. The molecule has 3 heteroatoms. The van der Waals surface area contributed by atoms with Gasteiger partial charge in [-0.15, -0.1) is 11.3 Å². The molecular formula is C17H15NOS. The van der Waals surface area contributed by atoms with Crippen molar-refractivity contribution in [1.82, 2.24) is 0 Å². The second kappa shape index (κ2) is 5.10. The van der Waals surface area contributed by atoms with Crippen molar-refractivity contribution < 1.29 is 4.79 Å². The van der Waals surface area contributed by atoms with Crippen LogP contribution in [0.1, 0.15) is 15.2 Å². The third-order valence-corrected chi connectivity index (χ3v) is 4.75. The molecule has 0 fully saturated rings. The normalized spacial score (nSPS) is 10.7. The number of carbonyl (C=O) groups is 1. The van der Waals surface area contributed by atoms with Gasteiger partial charge < -0.3 is 4.90 Å². The van der Waals surface area contributed by atoms with Crippen molar-refractivity contribution in [3.63, 3.8) is 0 Å². The zero-order valence-electron chi connectivity index (χ0n) is 11.5. The molecule has 0 aliphatic rings. The molecule has 20 heavy (non-hydrogen) atoms. The smallest absolute Gasteiger partial charge is 0.268 e. The zero-order valence-corrected chi connectivity index (χ0v) is 12.3. The molecular weight excluding hydrogens is 266 g/mol. The highest BCUT2D eigenvalue weighted by atomic mass is 32.1. The summed E-state index contributed by atoms with van der Waals surface area (Å²) >= 11 is 1.56. The van der Waals surface area contributed by atoms with E-state index in [1.165, 1.54) is 5.39 Å². The number of nitrogens with zero attached hydrogens (tertiary/aromatic N) is 1. The molecule has 1 amide bonds. The van der Waals surface area contributed by atoms with E-state index in [1.54, 1.807) is 16.2 Å². The van der Waals surface area contributed by atoms with E-state index >= 15 is 0 Å². The first-order chi connectivity index (χ1) is 9.68. The molecule has 100 valence electrons. The summed E-state index contributed by atoms with van der Waals surface area (Å²) < 4.78 is 1.16. The first-order valence-electron chi connectivity index (χ1n) is 6.49. The fourth-order valence-electron chi connectivity index (χ4n) is 2.30. The lowest BCUT2D eigenvalue weighted by Crippen LogP contribution is -2.25. The number of anilines is 1. The van der Waals surface area contributed by atoms with Crippen LogP contribution in [0.5, 0.6) is 0 Å². The Kier molecular flexibility index (Phi) is 3.28. The summed E-state index contributed by atoms with van der Waals surface area (Å²) in [5.41, 5.74) is 1.98. The number of rotatable bonds is 2. The van der Waals surface area contributed by atoms with Crippen LogP contribution in [0.3, 0.4) is 0 Å². The van der Waals surface area contributed by atoms with Crippen molar-refractivity contribution >= 4 is 33.0 Å². The van der Waals surface area contributed by atoms with Crippen LogP contribution in [0.2, 0.25) is 0 Å². The van der Waals surface area contributed by atoms with Gasteiger partial charge in [0.1, 0.15) is 0 Å². The van der Waals surface area contributed by atoms with Crippen LogP contribution < -0.4 is 4.90 Å². The maximum absolute atomic E-state index is 12.7. The number of thiophene rings is 1. The van der Waals surface area contributed by atoms with E-state index in [2.05, 4.69) is 12.1 Å². The fraction of sp³-hybridized carbons (Fsp3) is 0.118. The number of benzene rings is 2. The first kappa shape index (κ1) is 12.9. The minimum absolute atomic E-state index is 0.0508. The van der Waals surface area contributed by atoms with Crippen LogP contribution in [0.4, 0.5) is 5.69 Å². The highest BCUT2D eigenvalue weighted by Crippen LogP contribution is 2.32. The number of carbonyl (C=O) groups excluding carboxylic acids is 1. The Morgan fingerprint density at radius 2 is 1.65 bits per heavy atom. The molecule has 2 nitrogen and oxygen atoms in total. The minimum atomic E-state index is 0.0508. The molecule has 0 unspecified atom stereocenters. The third-order valence-electron chi connectivity index (χ3n) is 3.49. The molecule has 0 spiro atoms. The Hall–Kier alpha value is -2.13. The van der Waals surface area contributed by atoms with Crippen molar-refractivity contribution in [2.45, 2.75) is 6.92 Å². The van der Waals surface area contributed by atoms with Gasteiger partial charge in [-0.25, -0.2) is 0 Å². The Morgan fingerprint density at radius 1 is 1.00 bits per heavy atom. The summed E-state index contributed by atoms with van der Waals surface area (Å²) in [6, 6.07) is 17.9. The van der Waals surface area contributed by atoms with E-state index in [-0.39, 0.29) is 5.91 Å². The zero-order chi connectivity index (χ0) is 14.1. The van der Waals surface area contributed by atoms with Crippen LogP contribution in [-0.2, 0) is 0 Å². The SMILES string of the molecule is Cc1c(C(=O)N(C)c2ccccc2)sc2ccccc12. The molecule has 0 bridgehead atoms. The van der Waals surface area contributed by atoms with Gasteiger partial charge >= 0.3 is 0 Å². The molecule has 0 radical (unpaired) electrons. The highest BCUT2D eigenvalue weighted by molar-refractivity contribution is 7.21. The summed E-state index contributed by atoms with van der Waals surface area (Å²) in [6.45, 7) is 2.02. The number of aryl methyl sites for hydroxylation is 1. The van der Waals surface area contributed by atoms with Gasteiger partial charge in [-0.05, 0) is 36.1 Å². The summed E-state index contributed by atoms with van der Waals surface area (Å²) in [5.74, 6) is 0.0508. The van der Waals surface area contributed by atoms with Gasteiger partial charge in [-0.3, -0.25) is 4.79 Å². The topological polar surface area (TPSA) is 20.3 Å². The minimum Gasteiger partial charge on any atom is -0.311 e. The summed E-state index contributed by atoms with van der Waals surface area (Å²) in [7, 11) is 1.82. The molecule has 3 aromatic rings. The van der Waals surface area contributed by atoms with Gasteiger partial charge in [0, 0.05) is 17.4 Å². The van der Waals surface area contributed by atoms with E-state index in [1.807, 2.05) is 56.4 Å². The number of amides is 1. The molecule has 0 saturated carbocycles. The molecule has 0 N–H and O–H groups in total. The van der Waals surface area contributed by atoms with Gasteiger partial charge in [-0.1, -0.05) is 36.4 Å². The summed E-state index contributed by atoms with van der Waals surface area (Å²) in [5, 5.41) is 1.17. The average molecular weight is 281 g/mol. The van der Waals surface area contributed by atoms with Crippen molar-refractivity contribution in [3.05, 3.63) is 65.0 Å². The lowest BCUT2D eigenvalue weighted by molar-refractivity contribution is 0.0996. The average Bonchev–Trinajstić information content (AvgIpc) is 2.84. The van der Waals surface area contributed by atoms with E-state index in [4.69, 9.17) is 0 Å². The quantitative estimate of drug-likeness (QED) is 0.678. The Morgan fingerprint density at radius 3 is 2.35 bits per heavy atom. The Bertz CT molecular complexity index is 761. The van der Waals surface area contributed by atoms with Crippen LogP contribution in [-0.4, -0.2) is 13.0 Å². The maximum atomic E-state index is 12.7. The van der Waals surface area contributed by atoms with Crippen LogP contribution >= 0.6 is 11.3 Å². The van der Waals surface area contributed by atoms with E-state index in [9.17, 15) is 4.79 Å². The molecule has 1 heterocycles. The van der Waals surface area contributed by atoms with Gasteiger partial charge in [0.25, 0.3) is 5.91 Å². The van der Waals surface area contributed by atoms with Gasteiger partial charge in [-0.2, -0.15) is 0 Å². The predicted octanol–water partition coefficient (Wildman–Crippen LogP) is 4.49. The number of para-hydroxylation sites is 1. The molecule has 0 aliphatic heterocycles. The third kappa shape index (κ3) is 2.10. The molecule has 2 aromatic carbocycles. The van der Waals surface area contributed by atoms with Crippen molar-refractivity contribution in [3.8, 4) is 0 Å². The van der Waals surface area contributed by atoms with Crippen LogP contribution in [0, 0.1) is 6.92 Å². The molecule has 0 saturated heterocycles. The van der Waals surface area contributed by atoms with Crippen molar-refractivity contribution in [2.75, 3.05) is 11.9 Å². The number of hydrogen-bond acceptors (Lipinski definition) is 2. The fourth-order valence-corrected chi connectivity index (χ4v) is 3.48. The van der Waals surface area contributed by atoms with E-state index in [0.717, 1.165) is 20.8 Å². The first-order valence-corrected chi connectivity index (χ1v) is 7.31. The summed E-state index contributed by atoms with van der Waals surface area (Å²) in [6.07, 6.45) is 0. The largest absolute Gasteiger partial charge is 0.311 e. The van der Waals surface area contributed by atoms with Crippen molar-refractivity contribution in [2.24, 2.45) is 0 Å². The summed E-state index contributed by atoms with van der Waals surface area (Å²) in [4.78, 5) is 15.2. The van der Waals surface area contributed by atoms with Crippen molar-refractivity contribution in [1.29, 1.82) is 0 Å². The number of fused-ring (bicyclic) bond motifs is 1. The van der Waals surface area contributed by atoms with Gasteiger partial charge in [0.05, 0.1) is 4.88 Å². The molecule has 0 atom stereocenters. The lowest BCUT2D eigenvalue weighted by Gasteiger charge is -2.16. The number of hydrogen-bond donors (Lipinski definition) is 0. The van der Waals surface area contributed by atoms with Gasteiger partial charge in [0.2, 0.25) is 0 Å². The molecule has 1 aromatic heterocycles. The Labute approximate surface area is 122 Å². The van der Waals surface area contributed by atoms with Gasteiger partial charge in [0.15, 0.2) is 0 Å². The standard InChI is InChI=1S/C17H15NOS/c1-12-14-10-6-7-11-15(14)20-16(12)17(19)18(2)13-8-4-3-5-9-13/h3-11H,1-2H3.